The van der Waals surface area contributed by atoms with Gasteiger partial charge in [-0.05, 0) is 44.1 Å². The molecule has 0 aromatic heterocycles. The number of amides is 3. The van der Waals surface area contributed by atoms with Crippen LogP contribution in [0.2, 0.25) is 0 Å². The first kappa shape index (κ1) is 20.3. The van der Waals surface area contributed by atoms with Crippen LogP contribution in [-0.2, 0) is 14.4 Å². The zero-order valence-corrected chi connectivity index (χ0v) is 16.9. The molecule has 4 unspecified atom stereocenters. The number of imide groups is 1. The second-order valence-corrected chi connectivity index (χ2v) is 8.54. The number of benzene rings is 1. The zero-order chi connectivity index (χ0) is 21.4. The molecule has 1 saturated carbocycles. The number of hydrazine groups is 1. The van der Waals surface area contributed by atoms with E-state index in [9.17, 15) is 24.5 Å². The van der Waals surface area contributed by atoms with E-state index in [1.54, 1.807) is 12.1 Å². The van der Waals surface area contributed by atoms with Crippen molar-refractivity contribution in [3.8, 4) is 0 Å². The van der Waals surface area contributed by atoms with Crippen molar-refractivity contribution in [3.05, 3.63) is 51.6 Å². The number of carbonyl (C=O) groups is 3. The predicted molar refractivity (Wildman–Crippen MR) is 108 cm³/mol. The number of rotatable bonds is 4. The molecule has 158 valence electrons. The summed E-state index contributed by atoms with van der Waals surface area (Å²) in [5.41, 5.74) is 4.58. The Balaban J connectivity index is 1.53. The molecule has 1 aromatic carbocycles. The Hall–Kier alpha value is -3.03. The third kappa shape index (κ3) is 3.62. The van der Waals surface area contributed by atoms with Crippen LogP contribution in [0, 0.1) is 27.9 Å². The van der Waals surface area contributed by atoms with Crippen LogP contribution in [-0.4, -0.2) is 27.7 Å². The van der Waals surface area contributed by atoms with Gasteiger partial charge in [0.25, 0.3) is 17.5 Å². The van der Waals surface area contributed by atoms with Gasteiger partial charge in [0.05, 0.1) is 22.7 Å². The van der Waals surface area contributed by atoms with Crippen molar-refractivity contribution < 1.29 is 19.3 Å². The molecule has 3 amide bonds. The molecule has 2 fully saturated rings. The Kier molecular flexibility index (Phi) is 5.40. The first-order valence-corrected chi connectivity index (χ1v) is 10.4. The molecular weight excluding hydrogens is 386 g/mol. The average molecular weight is 411 g/mol. The lowest BCUT2D eigenvalue weighted by Crippen LogP contribution is -2.49. The quantitative estimate of drug-likeness (QED) is 0.354. The number of fused-ring (bicyclic) bond motifs is 1. The molecular formula is C22H25N3O5. The summed E-state index contributed by atoms with van der Waals surface area (Å²) in [5.74, 6) is -2.22. The summed E-state index contributed by atoms with van der Waals surface area (Å²) in [6, 6.07) is 6.25. The highest BCUT2D eigenvalue weighted by atomic mass is 16.6. The molecule has 1 saturated heterocycles. The number of nitrogens with one attached hydrogen (secondary N) is 1. The number of carbonyl (C=O) groups excluding carboxylic acids is 3. The number of nitro benzene ring substituents is 1. The van der Waals surface area contributed by atoms with Gasteiger partial charge >= 0.3 is 0 Å². The van der Waals surface area contributed by atoms with Gasteiger partial charge < -0.3 is 0 Å². The summed E-state index contributed by atoms with van der Waals surface area (Å²) in [4.78, 5) is 49.0. The molecule has 0 spiro atoms. The fourth-order valence-electron chi connectivity index (χ4n) is 5.01. The molecule has 0 radical (unpaired) electrons. The van der Waals surface area contributed by atoms with Crippen LogP contribution in [0.1, 0.15) is 56.9 Å². The Morgan fingerprint density at radius 3 is 2.23 bits per heavy atom. The van der Waals surface area contributed by atoms with Gasteiger partial charge in [-0.25, -0.2) is 0 Å². The van der Waals surface area contributed by atoms with Crippen molar-refractivity contribution in [3.63, 3.8) is 0 Å². The van der Waals surface area contributed by atoms with Crippen LogP contribution in [0.5, 0.6) is 0 Å². The van der Waals surface area contributed by atoms with Crippen molar-refractivity contribution in [1.82, 2.24) is 10.4 Å². The van der Waals surface area contributed by atoms with Crippen molar-refractivity contribution >= 4 is 23.4 Å². The van der Waals surface area contributed by atoms with Gasteiger partial charge in [0.15, 0.2) is 0 Å². The van der Waals surface area contributed by atoms with Crippen molar-refractivity contribution in [1.29, 1.82) is 0 Å². The predicted octanol–water partition coefficient (Wildman–Crippen LogP) is 3.24. The number of non-ortho nitro benzene ring substituents is 1. The molecule has 1 aromatic rings. The minimum absolute atomic E-state index is 0.00121. The lowest BCUT2D eigenvalue weighted by Gasteiger charge is -2.31. The van der Waals surface area contributed by atoms with Gasteiger partial charge in [-0.1, -0.05) is 36.6 Å². The van der Waals surface area contributed by atoms with E-state index < -0.39 is 10.8 Å². The highest BCUT2D eigenvalue weighted by Gasteiger charge is 2.49. The van der Waals surface area contributed by atoms with Gasteiger partial charge in [-0.2, -0.15) is 5.01 Å². The van der Waals surface area contributed by atoms with Crippen molar-refractivity contribution in [2.75, 3.05) is 0 Å². The topological polar surface area (TPSA) is 110 Å². The lowest BCUT2D eigenvalue weighted by atomic mass is 9.75. The SMILES string of the molecule is CC1=CCC(C(=O)NN2C(=O)C3CCCCC3C2=O)C(c2ccc([N+](=O)[O-])cc2)C1. The lowest BCUT2D eigenvalue weighted by molar-refractivity contribution is -0.384. The number of nitrogens with zero attached hydrogens (tertiary/aromatic N) is 2. The van der Waals surface area contributed by atoms with Gasteiger partial charge in [0.2, 0.25) is 5.91 Å². The molecule has 4 atom stereocenters. The van der Waals surface area contributed by atoms with Crippen LogP contribution in [0.3, 0.4) is 0 Å². The first-order chi connectivity index (χ1) is 14.4. The van der Waals surface area contributed by atoms with Crippen LogP contribution >= 0.6 is 0 Å². The Labute approximate surface area is 174 Å². The van der Waals surface area contributed by atoms with E-state index >= 15 is 0 Å². The molecule has 8 nitrogen and oxygen atoms in total. The summed E-state index contributed by atoms with van der Waals surface area (Å²) in [6.07, 6.45) is 6.37. The van der Waals surface area contributed by atoms with Gasteiger partial charge in [-0.15, -0.1) is 0 Å². The Morgan fingerprint density at radius 2 is 1.67 bits per heavy atom. The van der Waals surface area contributed by atoms with Crippen LogP contribution in [0.15, 0.2) is 35.9 Å². The summed E-state index contributed by atoms with van der Waals surface area (Å²) in [7, 11) is 0. The van der Waals surface area contributed by atoms with Gasteiger partial charge in [0.1, 0.15) is 0 Å². The molecule has 4 rings (SSSR count). The maximum Gasteiger partial charge on any atom is 0.269 e. The average Bonchev–Trinajstić information content (AvgIpc) is 2.99. The smallest absolute Gasteiger partial charge is 0.269 e. The third-order valence-corrected chi connectivity index (χ3v) is 6.68. The second-order valence-electron chi connectivity index (χ2n) is 8.54. The summed E-state index contributed by atoms with van der Waals surface area (Å²) < 4.78 is 0. The van der Waals surface area contributed by atoms with Crippen LogP contribution in [0.25, 0.3) is 0 Å². The molecule has 2 aliphatic carbocycles. The monoisotopic (exact) mass is 411 g/mol. The van der Waals surface area contributed by atoms with E-state index in [1.807, 2.05) is 13.0 Å². The molecule has 1 heterocycles. The maximum absolute atomic E-state index is 13.1. The van der Waals surface area contributed by atoms with Gasteiger partial charge in [0, 0.05) is 12.1 Å². The van der Waals surface area contributed by atoms with E-state index in [2.05, 4.69) is 5.43 Å². The van der Waals surface area contributed by atoms with Crippen molar-refractivity contribution in [2.45, 2.75) is 51.4 Å². The summed E-state index contributed by atoms with van der Waals surface area (Å²) >= 11 is 0. The molecule has 1 aliphatic heterocycles. The highest BCUT2D eigenvalue weighted by Crippen LogP contribution is 2.40. The van der Waals surface area contributed by atoms with E-state index in [4.69, 9.17) is 0 Å². The number of nitro groups is 1. The largest absolute Gasteiger partial charge is 0.273 e. The number of hydrogen-bond acceptors (Lipinski definition) is 5. The summed E-state index contributed by atoms with van der Waals surface area (Å²) in [5, 5.41) is 11.9. The van der Waals surface area contributed by atoms with E-state index in [0.717, 1.165) is 29.0 Å². The first-order valence-electron chi connectivity index (χ1n) is 10.4. The number of allylic oxidation sites excluding steroid dienone is 2. The normalized spacial score (nSPS) is 28.7. The van der Waals surface area contributed by atoms with E-state index in [0.29, 0.717) is 25.7 Å². The zero-order valence-electron chi connectivity index (χ0n) is 16.9. The third-order valence-electron chi connectivity index (χ3n) is 6.68. The van der Waals surface area contributed by atoms with Crippen LogP contribution < -0.4 is 5.43 Å². The van der Waals surface area contributed by atoms with Crippen LogP contribution in [0.4, 0.5) is 5.69 Å². The fourth-order valence-corrected chi connectivity index (χ4v) is 5.01. The minimum Gasteiger partial charge on any atom is -0.273 e. The highest BCUT2D eigenvalue weighted by molar-refractivity contribution is 6.06. The van der Waals surface area contributed by atoms with Crippen molar-refractivity contribution in [2.24, 2.45) is 17.8 Å². The standard InChI is InChI=1S/C22H25N3O5/c1-13-6-11-16(19(12-13)14-7-9-15(10-8-14)25(29)30)20(26)23-24-21(27)17-4-2-3-5-18(17)22(24)28/h6-10,16-19H,2-5,11-12H2,1H3,(H,23,26). The molecule has 0 bridgehead atoms. The van der Waals surface area contributed by atoms with E-state index in [1.165, 1.54) is 12.1 Å². The Bertz CT molecular complexity index is 899. The fraction of sp³-hybridized carbons (Fsp3) is 0.500. The Morgan fingerprint density at radius 1 is 1.07 bits per heavy atom. The number of hydrogen-bond donors (Lipinski definition) is 1. The van der Waals surface area contributed by atoms with Gasteiger partial charge in [-0.3, -0.25) is 29.9 Å². The maximum atomic E-state index is 13.1. The molecule has 8 heteroatoms. The molecule has 3 aliphatic rings. The molecule has 1 N–H and O–H groups in total. The molecule has 30 heavy (non-hydrogen) atoms. The summed E-state index contributed by atoms with van der Waals surface area (Å²) in [6.45, 7) is 1.99. The second kappa shape index (κ2) is 8.01. The minimum atomic E-state index is -0.460. The van der Waals surface area contributed by atoms with E-state index in [-0.39, 0.29) is 41.2 Å².